The number of carboxylic acid groups (broad SMARTS) is 1. The van der Waals surface area contributed by atoms with Crippen LogP contribution in [0.3, 0.4) is 0 Å². The summed E-state index contributed by atoms with van der Waals surface area (Å²) in [6, 6.07) is 7.71. The topological polar surface area (TPSA) is 98.3 Å². The van der Waals surface area contributed by atoms with E-state index in [1.54, 1.807) is 6.92 Å². The zero-order valence-electron chi connectivity index (χ0n) is 13.8. The fraction of sp³-hybridized carbons (Fsp3) is 0.353. The van der Waals surface area contributed by atoms with Crippen molar-refractivity contribution < 1.29 is 14.6 Å². The van der Waals surface area contributed by atoms with E-state index in [4.69, 9.17) is 10.5 Å². The highest BCUT2D eigenvalue weighted by Gasteiger charge is 2.18. The number of aryl methyl sites for hydroxylation is 1. The summed E-state index contributed by atoms with van der Waals surface area (Å²) in [5, 5.41) is 9.28. The van der Waals surface area contributed by atoms with Crippen molar-refractivity contribution in [1.82, 2.24) is 9.97 Å². The van der Waals surface area contributed by atoms with E-state index >= 15 is 0 Å². The maximum atomic E-state index is 11.3. The molecule has 0 radical (unpaired) electrons. The van der Waals surface area contributed by atoms with E-state index in [0.29, 0.717) is 11.4 Å². The fourth-order valence-corrected chi connectivity index (χ4v) is 2.24. The standard InChI is InChI=1S/C17H21N3O3/c1-10-14(15(21)22)13(20-16(18)19-10)9-23-12-7-5-11(6-8-12)17(2,3)4/h5-8H,9H2,1-4H3,(H,21,22)(H2,18,19,20). The molecule has 6 heteroatoms. The number of hydrogen-bond donors (Lipinski definition) is 2. The number of nitrogen functional groups attached to an aromatic ring is 1. The maximum Gasteiger partial charge on any atom is 0.339 e. The van der Waals surface area contributed by atoms with Crippen molar-refractivity contribution in [2.75, 3.05) is 5.73 Å². The first kappa shape index (κ1) is 16.7. The molecule has 3 N–H and O–H groups in total. The highest BCUT2D eigenvalue weighted by Crippen LogP contribution is 2.25. The Morgan fingerprint density at radius 2 is 1.83 bits per heavy atom. The zero-order valence-corrected chi connectivity index (χ0v) is 13.8. The van der Waals surface area contributed by atoms with Crippen LogP contribution in [0.4, 0.5) is 5.95 Å². The Labute approximate surface area is 135 Å². The summed E-state index contributed by atoms with van der Waals surface area (Å²) in [7, 11) is 0. The smallest absolute Gasteiger partial charge is 0.339 e. The van der Waals surface area contributed by atoms with E-state index in [2.05, 4.69) is 30.7 Å². The Balaban J connectivity index is 2.20. The van der Waals surface area contributed by atoms with Gasteiger partial charge in [0.25, 0.3) is 0 Å². The highest BCUT2D eigenvalue weighted by atomic mass is 16.5. The molecule has 122 valence electrons. The van der Waals surface area contributed by atoms with E-state index < -0.39 is 5.97 Å². The van der Waals surface area contributed by atoms with Crippen LogP contribution in [0.15, 0.2) is 24.3 Å². The Hall–Kier alpha value is -2.63. The molecule has 0 unspecified atom stereocenters. The molecule has 0 spiro atoms. The molecule has 1 aromatic carbocycles. The quantitative estimate of drug-likeness (QED) is 0.900. The molecule has 0 aliphatic heterocycles. The van der Waals surface area contributed by atoms with Gasteiger partial charge >= 0.3 is 5.97 Å². The van der Waals surface area contributed by atoms with Crippen LogP contribution in [0.25, 0.3) is 0 Å². The SMILES string of the molecule is Cc1nc(N)nc(COc2ccc(C(C)(C)C)cc2)c1C(=O)O. The molecule has 2 aromatic rings. The average Bonchev–Trinajstić information content (AvgIpc) is 2.43. The van der Waals surface area contributed by atoms with Crippen molar-refractivity contribution in [2.45, 2.75) is 39.7 Å². The summed E-state index contributed by atoms with van der Waals surface area (Å²) in [6.07, 6.45) is 0. The first-order valence-corrected chi connectivity index (χ1v) is 7.28. The third-order valence-electron chi connectivity index (χ3n) is 3.49. The molecule has 2 rings (SSSR count). The van der Waals surface area contributed by atoms with Gasteiger partial charge in [-0.15, -0.1) is 0 Å². The van der Waals surface area contributed by atoms with Crippen LogP contribution in [0.5, 0.6) is 5.75 Å². The van der Waals surface area contributed by atoms with Gasteiger partial charge in [0.05, 0.1) is 11.4 Å². The van der Waals surface area contributed by atoms with Gasteiger partial charge in [-0.1, -0.05) is 32.9 Å². The van der Waals surface area contributed by atoms with Crippen LogP contribution in [0, 0.1) is 6.92 Å². The molecule has 0 saturated heterocycles. The lowest BCUT2D eigenvalue weighted by molar-refractivity contribution is 0.0691. The third kappa shape index (κ3) is 3.97. The van der Waals surface area contributed by atoms with Gasteiger partial charge in [0.2, 0.25) is 5.95 Å². The molecule has 0 bridgehead atoms. The lowest BCUT2D eigenvalue weighted by atomic mass is 9.87. The van der Waals surface area contributed by atoms with Gasteiger partial charge in [-0.2, -0.15) is 0 Å². The van der Waals surface area contributed by atoms with Crippen molar-refractivity contribution in [2.24, 2.45) is 0 Å². The monoisotopic (exact) mass is 315 g/mol. The van der Waals surface area contributed by atoms with E-state index in [1.807, 2.05) is 24.3 Å². The molecule has 0 aliphatic rings. The number of nitrogens with two attached hydrogens (primary N) is 1. The van der Waals surface area contributed by atoms with Crippen molar-refractivity contribution >= 4 is 11.9 Å². The first-order valence-electron chi connectivity index (χ1n) is 7.28. The number of benzene rings is 1. The lowest BCUT2D eigenvalue weighted by Crippen LogP contribution is -2.14. The van der Waals surface area contributed by atoms with E-state index in [0.717, 1.165) is 0 Å². The van der Waals surface area contributed by atoms with Gasteiger partial charge in [0.1, 0.15) is 17.9 Å². The number of rotatable bonds is 4. The molecule has 1 aromatic heterocycles. The van der Waals surface area contributed by atoms with Crippen LogP contribution in [0.1, 0.15) is 48.1 Å². The van der Waals surface area contributed by atoms with Gasteiger partial charge in [0, 0.05) is 0 Å². The van der Waals surface area contributed by atoms with Crippen LogP contribution < -0.4 is 10.5 Å². The van der Waals surface area contributed by atoms with E-state index in [9.17, 15) is 9.90 Å². The molecule has 1 heterocycles. The van der Waals surface area contributed by atoms with Crippen LogP contribution >= 0.6 is 0 Å². The van der Waals surface area contributed by atoms with E-state index in [-0.39, 0.29) is 29.2 Å². The van der Waals surface area contributed by atoms with Crippen LogP contribution in [0.2, 0.25) is 0 Å². The second-order valence-corrected chi connectivity index (χ2v) is 6.36. The first-order chi connectivity index (χ1) is 10.7. The molecule has 0 atom stereocenters. The number of nitrogens with zero attached hydrogens (tertiary/aromatic N) is 2. The van der Waals surface area contributed by atoms with Gasteiger partial charge < -0.3 is 15.6 Å². The van der Waals surface area contributed by atoms with Gasteiger partial charge in [0.15, 0.2) is 0 Å². The predicted octanol–water partition coefficient (Wildman–Crippen LogP) is 2.94. The highest BCUT2D eigenvalue weighted by molar-refractivity contribution is 5.90. The van der Waals surface area contributed by atoms with Gasteiger partial charge in [-0.25, -0.2) is 14.8 Å². The minimum atomic E-state index is -1.09. The summed E-state index contributed by atoms with van der Waals surface area (Å²) >= 11 is 0. The van der Waals surface area contributed by atoms with Crippen molar-refractivity contribution in [3.8, 4) is 5.75 Å². The van der Waals surface area contributed by atoms with Crippen molar-refractivity contribution in [3.05, 3.63) is 46.8 Å². The zero-order chi connectivity index (χ0) is 17.2. The van der Waals surface area contributed by atoms with Crippen LogP contribution in [-0.4, -0.2) is 21.0 Å². The molecule has 23 heavy (non-hydrogen) atoms. The predicted molar refractivity (Wildman–Crippen MR) is 87.6 cm³/mol. The van der Waals surface area contributed by atoms with Crippen molar-refractivity contribution in [3.63, 3.8) is 0 Å². The minimum Gasteiger partial charge on any atom is -0.487 e. The van der Waals surface area contributed by atoms with E-state index in [1.165, 1.54) is 5.56 Å². The Bertz CT molecular complexity index is 719. The summed E-state index contributed by atoms with van der Waals surface area (Å²) in [6.45, 7) is 8.00. The molecular weight excluding hydrogens is 294 g/mol. The minimum absolute atomic E-state index is 0.0179. The second kappa shape index (κ2) is 6.24. The lowest BCUT2D eigenvalue weighted by Gasteiger charge is -2.19. The molecular formula is C17H21N3O3. The van der Waals surface area contributed by atoms with Gasteiger partial charge in [-0.05, 0) is 30.0 Å². The average molecular weight is 315 g/mol. The fourth-order valence-electron chi connectivity index (χ4n) is 2.24. The number of carbonyl (C=O) groups is 1. The molecule has 6 nitrogen and oxygen atoms in total. The van der Waals surface area contributed by atoms with Crippen molar-refractivity contribution in [1.29, 1.82) is 0 Å². The Morgan fingerprint density at radius 3 is 2.35 bits per heavy atom. The number of carboxylic acids is 1. The number of ether oxygens (including phenoxy) is 1. The molecule has 0 saturated carbocycles. The summed E-state index contributed by atoms with van der Waals surface area (Å²) in [5.41, 5.74) is 7.47. The third-order valence-corrected chi connectivity index (χ3v) is 3.49. The number of hydrogen-bond acceptors (Lipinski definition) is 5. The number of aromatic carboxylic acids is 1. The van der Waals surface area contributed by atoms with Gasteiger partial charge in [-0.3, -0.25) is 0 Å². The summed E-state index contributed by atoms with van der Waals surface area (Å²) in [4.78, 5) is 19.2. The summed E-state index contributed by atoms with van der Waals surface area (Å²) in [5.74, 6) is -0.414. The largest absolute Gasteiger partial charge is 0.487 e. The second-order valence-electron chi connectivity index (χ2n) is 6.36. The normalized spacial score (nSPS) is 11.3. The Kier molecular flexibility index (Phi) is 4.54. The molecule has 0 aliphatic carbocycles. The molecule has 0 amide bonds. The maximum absolute atomic E-state index is 11.3. The number of aromatic nitrogens is 2. The van der Waals surface area contributed by atoms with Crippen LogP contribution in [-0.2, 0) is 12.0 Å². The summed E-state index contributed by atoms with van der Waals surface area (Å²) < 4.78 is 5.65. The number of anilines is 1. The Morgan fingerprint density at radius 1 is 1.22 bits per heavy atom. The molecule has 0 fully saturated rings.